The van der Waals surface area contributed by atoms with Crippen molar-refractivity contribution >= 4 is 0 Å². The predicted octanol–water partition coefficient (Wildman–Crippen LogP) is 1.80. The molecule has 0 spiro atoms. The Morgan fingerprint density at radius 3 is 1.64 bits per heavy atom. The van der Waals surface area contributed by atoms with Crippen LogP contribution in [0.1, 0.15) is 20.8 Å². The van der Waals surface area contributed by atoms with E-state index in [4.69, 9.17) is 11.5 Å². The number of rotatable bonds is 1. The molecule has 0 aliphatic rings. The van der Waals surface area contributed by atoms with Crippen LogP contribution >= 0.6 is 0 Å². The summed E-state index contributed by atoms with van der Waals surface area (Å²) in [5.41, 5.74) is 11.1. The van der Waals surface area contributed by atoms with Crippen molar-refractivity contribution in [3.05, 3.63) is 31.5 Å². The Kier molecular flexibility index (Phi) is 45.9. The monoisotopic (exact) mass is 232 g/mol. The molecule has 4 N–H and O–H groups in total. The van der Waals surface area contributed by atoms with E-state index in [0.717, 1.165) is 5.57 Å². The summed E-state index contributed by atoms with van der Waals surface area (Å²) in [6.45, 7) is 5.88. The molecule has 0 heterocycles. The van der Waals surface area contributed by atoms with E-state index in [1.54, 1.807) is 6.08 Å². The summed E-state index contributed by atoms with van der Waals surface area (Å²) in [6.07, 6.45) is 4.70. The van der Waals surface area contributed by atoms with Crippen molar-refractivity contribution in [3.8, 4) is 0 Å². The van der Waals surface area contributed by atoms with E-state index in [0.29, 0.717) is 0 Å². The minimum atomic E-state index is 0. The first-order chi connectivity index (χ1) is 4.31. The van der Waals surface area contributed by atoms with Gasteiger partial charge in [-0.2, -0.15) is 0 Å². The van der Waals surface area contributed by atoms with Gasteiger partial charge in [-0.25, -0.2) is 0 Å². The maximum absolute atomic E-state index is 5.09. The molecule has 2 nitrogen and oxygen atoms in total. The number of nitrogens with two attached hydrogens (primary N) is 2. The Balaban J connectivity index is -0.0000000564. The Bertz CT molecular complexity index is 98.3. The molecule has 0 saturated heterocycles. The molecule has 11 heavy (non-hydrogen) atoms. The molecular weight excluding hydrogens is 213 g/mol. The molecule has 0 aromatic carbocycles. The van der Waals surface area contributed by atoms with Gasteiger partial charge in [-0.05, 0) is 31.0 Å². The van der Waals surface area contributed by atoms with Crippen molar-refractivity contribution in [2.75, 3.05) is 0 Å². The largest absolute Gasteiger partial charge is 0.405 e. The van der Waals surface area contributed by atoms with Crippen LogP contribution in [-0.2, 0) is 32.7 Å². The van der Waals surface area contributed by atoms with Crippen molar-refractivity contribution in [1.82, 2.24) is 0 Å². The van der Waals surface area contributed by atoms with E-state index in [1.165, 1.54) is 12.4 Å². The van der Waals surface area contributed by atoms with Gasteiger partial charge in [0.25, 0.3) is 0 Å². The molecule has 0 aromatic heterocycles. The van der Waals surface area contributed by atoms with E-state index in [9.17, 15) is 0 Å². The van der Waals surface area contributed by atoms with Crippen LogP contribution in [0.25, 0.3) is 0 Å². The average Bonchev–Trinajstić information content (AvgIpc) is 1.93. The van der Waals surface area contributed by atoms with E-state index < -0.39 is 0 Å². The Hall–Kier alpha value is 0.184. The predicted molar refractivity (Wildman–Crippen MR) is 49.0 cm³/mol. The number of allylic oxidation sites excluding steroid dienone is 2. The zero-order valence-corrected chi connectivity index (χ0v) is 10.8. The Labute approximate surface area is 96.0 Å². The first kappa shape index (κ1) is 22.5. The van der Waals surface area contributed by atoms with Gasteiger partial charge in [0.05, 0.1) is 0 Å². The van der Waals surface area contributed by atoms with Crippen LogP contribution in [0.15, 0.2) is 24.0 Å². The van der Waals surface area contributed by atoms with E-state index in [1.807, 2.05) is 20.8 Å². The van der Waals surface area contributed by atoms with Gasteiger partial charge in [-0.3, -0.25) is 0 Å². The van der Waals surface area contributed by atoms with Gasteiger partial charge in [-0.15, -0.1) is 0 Å². The first-order valence-electron chi connectivity index (χ1n) is 3.08. The summed E-state index contributed by atoms with van der Waals surface area (Å²) in [5, 5.41) is 0. The molecular formula is C8H19N2Y-. The van der Waals surface area contributed by atoms with E-state index in [2.05, 4.69) is 0 Å². The van der Waals surface area contributed by atoms with Crippen molar-refractivity contribution in [2.45, 2.75) is 20.8 Å². The van der Waals surface area contributed by atoms with Gasteiger partial charge in [-0.1, -0.05) is 13.8 Å². The molecule has 0 saturated carbocycles. The SMILES string of the molecule is CC.CC(/C=C\N)=C/N.[CH3-].[Y]. The van der Waals surface area contributed by atoms with Crippen LogP contribution in [0.4, 0.5) is 0 Å². The summed E-state index contributed by atoms with van der Waals surface area (Å²) < 4.78 is 0. The average molecular weight is 232 g/mol. The third-order valence-corrected chi connectivity index (χ3v) is 0.622. The molecule has 0 rings (SSSR count). The topological polar surface area (TPSA) is 52.0 Å². The van der Waals surface area contributed by atoms with E-state index in [-0.39, 0.29) is 40.1 Å². The number of hydrogen-bond donors (Lipinski definition) is 2. The molecule has 0 aliphatic carbocycles. The zero-order chi connectivity index (χ0) is 7.70. The van der Waals surface area contributed by atoms with Gasteiger partial charge in [0.1, 0.15) is 0 Å². The summed E-state index contributed by atoms with van der Waals surface area (Å²) in [5.74, 6) is 0. The Morgan fingerprint density at radius 2 is 1.55 bits per heavy atom. The fourth-order valence-electron chi connectivity index (χ4n) is 0.207. The molecule has 65 valence electrons. The smallest absolute Gasteiger partial charge is 0 e. The molecule has 0 fully saturated rings. The second kappa shape index (κ2) is 22.5. The van der Waals surface area contributed by atoms with Crippen LogP contribution in [0, 0.1) is 7.43 Å². The maximum Gasteiger partial charge on any atom is 0 e. The van der Waals surface area contributed by atoms with Gasteiger partial charge in [0.15, 0.2) is 0 Å². The minimum absolute atomic E-state index is 0. The molecule has 1 radical (unpaired) electrons. The quantitative estimate of drug-likeness (QED) is 0.535. The molecule has 0 unspecified atom stereocenters. The van der Waals surface area contributed by atoms with Gasteiger partial charge in [0, 0.05) is 32.7 Å². The molecule has 3 heteroatoms. The third-order valence-electron chi connectivity index (χ3n) is 0.622. The Morgan fingerprint density at radius 1 is 1.18 bits per heavy atom. The normalized spacial score (nSPS) is 8.82. The third kappa shape index (κ3) is 25.4. The summed E-state index contributed by atoms with van der Waals surface area (Å²) in [6, 6.07) is 0. The van der Waals surface area contributed by atoms with Crippen LogP contribution in [0.5, 0.6) is 0 Å². The minimum Gasteiger partial charge on any atom is -0.405 e. The standard InChI is InChI=1S/C5H10N2.C2H6.CH3.Y/c1-5(4-7)2-3-6;1-2;;/h2-4H,6-7H2,1H3;1-2H3;1H3;/q;;-1;/b3-2-,5-4-;;;. The summed E-state index contributed by atoms with van der Waals surface area (Å²) in [4.78, 5) is 0. The maximum atomic E-state index is 5.09. The van der Waals surface area contributed by atoms with Crippen molar-refractivity contribution < 1.29 is 32.7 Å². The van der Waals surface area contributed by atoms with E-state index >= 15 is 0 Å². The summed E-state index contributed by atoms with van der Waals surface area (Å²) in [7, 11) is 0. The van der Waals surface area contributed by atoms with Crippen LogP contribution in [0.3, 0.4) is 0 Å². The van der Waals surface area contributed by atoms with Crippen LogP contribution < -0.4 is 11.5 Å². The van der Waals surface area contributed by atoms with Crippen molar-refractivity contribution in [2.24, 2.45) is 11.5 Å². The van der Waals surface area contributed by atoms with Crippen LogP contribution in [0.2, 0.25) is 0 Å². The molecule has 0 atom stereocenters. The fourth-order valence-corrected chi connectivity index (χ4v) is 0.207. The number of hydrogen-bond acceptors (Lipinski definition) is 2. The molecule has 0 aromatic rings. The summed E-state index contributed by atoms with van der Waals surface area (Å²) >= 11 is 0. The molecule has 0 bridgehead atoms. The zero-order valence-electron chi connectivity index (χ0n) is 7.96. The fraction of sp³-hybridized carbons (Fsp3) is 0.375. The second-order valence-corrected chi connectivity index (χ2v) is 1.27. The second-order valence-electron chi connectivity index (χ2n) is 1.27. The van der Waals surface area contributed by atoms with Crippen molar-refractivity contribution in [3.63, 3.8) is 0 Å². The van der Waals surface area contributed by atoms with Crippen molar-refractivity contribution in [1.29, 1.82) is 0 Å². The van der Waals surface area contributed by atoms with Crippen LogP contribution in [-0.4, -0.2) is 0 Å². The molecule has 0 aliphatic heterocycles. The van der Waals surface area contributed by atoms with Gasteiger partial charge < -0.3 is 18.9 Å². The van der Waals surface area contributed by atoms with Gasteiger partial charge >= 0.3 is 0 Å². The molecule has 0 amide bonds. The first-order valence-corrected chi connectivity index (χ1v) is 3.08. The van der Waals surface area contributed by atoms with Gasteiger partial charge in [0.2, 0.25) is 0 Å².